The van der Waals surface area contributed by atoms with E-state index in [-0.39, 0.29) is 5.91 Å². The summed E-state index contributed by atoms with van der Waals surface area (Å²) in [5, 5.41) is 0. The Bertz CT molecular complexity index is 126. The van der Waals surface area contributed by atoms with Crippen LogP contribution in [0.3, 0.4) is 0 Å². The lowest BCUT2D eigenvalue weighted by molar-refractivity contribution is -0.121. The number of nitrogens with two attached hydrogens (primary N) is 1. The van der Waals surface area contributed by atoms with Crippen LogP contribution < -0.4 is 11.3 Å². The maximum absolute atomic E-state index is 10.4. The molecule has 0 aromatic rings. The van der Waals surface area contributed by atoms with Crippen LogP contribution in [0.1, 0.15) is 19.3 Å². The smallest absolute Gasteiger partial charge is 0.233 e. The maximum Gasteiger partial charge on any atom is 0.233 e. The van der Waals surface area contributed by atoms with E-state index in [0.717, 1.165) is 0 Å². The fourth-order valence-electron chi connectivity index (χ4n) is 0.423. The zero-order chi connectivity index (χ0) is 7.11. The highest BCUT2D eigenvalue weighted by Crippen LogP contribution is 1.91. The zero-order valence-electron chi connectivity index (χ0n) is 5.18. The SMILES string of the molecule is C#CCCCC(=O)NN. The van der Waals surface area contributed by atoms with Gasteiger partial charge in [-0.3, -0.25) is 10.2 Å². The molecular formula is C6H10N2O. The van der Waals surface area contributed by atoms with E-state index in [9.17, 15) is 4.79 Å². The van der Waals surface area contributed by atoms with E-state index < -0.39 is 0 Å². The Morgan fingerprint density at radius 2 is 2.44 bits per heavy atom. The minimum absolute atomic E-state index is 0.162. The Labute approximate surface area is 54.6 Å². The maximum atomic E-state index is 10.4. The minimum Gasteiger partial charge on any atom is -0.294 e. The summed E-state index contributed by atoms with van der Waals surface area (Å²) < 4.78 is 0. The van der Waals surface area contributed by atoms with Crippen LogP contribution in [0.15, 0.2) is 0 Å². The summed E-state index contributed by atoms with van der Waals surface area (Å²) in [5.41, 5.74) is 2.02. The largest absolute Gasteiger partial charge is 0.294 e. The Morgan fingerprint density at radius 3 is 2.89 bits per heavy atom. The first-order valence-electron chi connectivity index (χ1n) is 2.74. The molecule has 0 saturated heterocycles. The number of carbonyl (C=O) groups excluding carboxylic acids is 1. The molecule has 50 valence electrons. The van der Waals surface area contributed by atoms with Crippen LogP contribution >= 0.6 is 0 Å². The van der Waals surface area contributed by atoms with Gasteiger partial charge in [0.25, 0.3) is 0 Å². The topological polar surface area (TPSA) is 55.1 Å². The van der Waals surface area contributed by atoms with Crippen molar-refractivity contribution in [2.75, 3.05) is 0 Å². The van der Waals surface area contributed by atoms with Crippen LogP contribution in [0, 0.1) is 12.3 Å². The minimum atomic E-state index is -0.162. The van der Waals surface area contributed by atoms with E-state index in [0.29, 0.717) is 19.3 Å². The molecule has 0 aromatic carbocycles. The lowest BCUT2D eigenvalue weighted by Crippen LogP contribution is -2.29. The van der Waals surface area contributed by atoms with Gasteiger partial charge in [-0.1, -0.05) is 0 Å². The fourth-order valence-corrected chi connectivity index (χ4v) is 0.423. The number of nitrogens with one attached hydrogen (secondary N) is 1. The Morgan fingerprint density at radius 1 is 1.78 bits per heavy atom. The van der Waals surface area contributed by atoms with Gasteiger partial charge in [-0.25, -0.2) is 5.84 Å². The van der Waals surface area contributed by atoms with Gasteiger partial charge < -0.3 is 0 Å². The number of unbranched alkanes of at least 4 members (excludes halogenated alkanes) is 1. The number of hydrogen-bond acceptors (Lipinski definition) is 2. The number of amides is 1. The summed E-state index contributed by atoms with van der Waals surface area (Å²) in [6.07, 6.45) is 6.70. The molecular weight excluding hydrogens is 116 g/mol. The molecule has 1 amide bonds. The predicted molar refractivity (Wildman–Crippen MR) is 35.0 cm³/mol. The lowest BCUT2D eigenvalue weighted by Gasteiger charge is -1.93. The molecule has 9 heavy (non-hydrogen) atoms. The number of hydrazine groups is 1. The lowest BCUT2D eigenvalue weighted by atomic mass is 10.2. The van der Waals surface area contributed by atoms with Crippen LogP contribution in [0.2, 0.25) is 0 Å². The van der Waals surface area contributed by atoms with Crippen molar-refractivity contribution in [1.29, 1.82) is 0 Å². The third-order valence-corrected chi connectivity index (χ3v) is 0.886. The first kappa shape index (κ1) is 7.99. The van der Waals surface area contributed by atoms with Crippen molar-refractivity contribution in [3.63, 3.8) is 0 Å². The Kier molecular flexibility index (Phi) is 4.56. The van der Waals surface area contributed by atoms with Crippen molar-refractivity contribution >= 4 is 5.91 Å². The van der Waals surface area contributed by atoms with Crippen LogP contribution in [-0.2, 0) is 4.79 Å². The molecule has 0 aliphatic carbocycles. The van der Waals surface area contributed by atoms with Gasteiger partial charge in [0.15, 0.2) is 0 Å². The van der Waals surface area contributed by atoms with Crippen LogP contribution in [0.25, 0.3) is 0 Å². The molecule has 0 bridgehead atoms. The molecule has 0 spiro atoms. The molecule has 3 heteroatoms. The molecule has 0 aromatic heterocycles. The third-order valence-electron chi connectivity index (χ3n) is 0.886. The summed E-state index contributed by atoms with van der Waals surface area (Å²) >= 11 is 0. The van der Waals surface area contributed by atoms with Gasteiger partial charge in [0, 0.05) is 12.8 Å². The molecule has 0 atom stereocenters. The first-order chi connectivity index (χ1) is 4.31. The second kappa shape index (κ2) is 5.13. The summed E-state index contributed by atoms with van der Waals surface area (Å²) in [5.74, 6) is 7.07. The van der Waals surface area contributed by atoms with E-state index in [4.69, 9.17) is 12.3 Å². The second-order valence-electron chi connectivity index (χ2n) is 1.63. The summed E-state index contributed by atoms with van der Waals surface area (Å²) in [6, 6.07) is 0. The third kappa shape index (κ3) is 4.85. The highest BCUT2D eigenvalue weighted by atomic mass is 16.2. The molecule has 0 radical (unpaired) electrons. The molecule has 3 nitrogen and oxygen atoms in total. The van der Waals surface area contributed by atoms with E-state index in [1.54, 1.807) is 0 Å². The van der Waals surface area contributed by atoms with Crippen molar-refractivity contribution < 1.29 is 4.79 Å². The van der Waals surface area contributed by atoms with Gasteiger partial charge in [-0.15, -0.1) is 12.3 Å². The van der Waals surface area contributed by atoms with E-state index in [2.05, 4.69) is 5.92 Å². The first-order valence-corrected chi connectivity index (χ1v) is 2.74. The summed E-state index contributed by atoms with van der Waals surface area (Å²) in [7, 11) is 0. The summed E-state index contributed by atoms with van der Waals surface area (Å²) in [6.45, 7) is 0. The Balaban J connectivity index is 3.09. The Hall–Kier alpha value is -1.01. The van der Waals surface area contributed by atoms with Crippen LogP contribution in [-0.4, -0.2) is 5.91 Å². The monoisotopic (exact) mass is 126 g/mol. The van der Waals surface area contributed by atoms with Gasteiger partial charge in [-0.05, 0) is 6.42 Å². The molecule has 3 N–H and O–H groups in total. The number of terminal acetylenes is 1. The summed E-state index contributed by atoms with van der Waals surface area (Å²) in [4.78, 5) is 10.4. The van der Waals surface area contributed by atoms with Gasteiger partial charge in [-0.2, -0.15) is 0 Å². The second-order valence-corrected chi connectivity index (χ2v) is 1.63. The highest BCUT2D eigenvalue weighted by molar-refractivity contribution is 5.75. The van der Waals surface area contributed by atoms with Crippen molar-refractivity contribution in [3.05, 3.63) is 0 Å². The van der Waals surface area contributed by atoms with Gasteiger partial charge in [0.2, 0.25) is 5.91 Å². The number of rotatable bonds is 3. The molecule has 0 saturated carbocycles. The fraction of sp³-hybridized carbons (Fsp3) is 0.500. The quantitative estimate of drug-likeness (QED) is 0.180. The normalized spacial score (nSPS) is 8.00. The number of hydrogen-bond donors (Lipinski definition) is 2. The van der Waals surface area contributed by atoms with Crippen molar-refractivity contribution in [3.8, 4) is 12.3 Å². The van der Waals surface area contributed by atoms with Gasteiger partial charge in [0.1, 0.15) is 0 Å². The highest BCUT2D eigenvalue weighted by Gasteiger charge is 1.94. The molecule has 0 aliphatic rings. The average Bonchev–Trinajstić information content (AvgIpc) is 1.89. The van der Waals surface area contributed by atoms with E-state index in [1.165, 1.54) is 0 Å². The van der Waals surface area contributed by atoms with Gasteiger partial charge in [0.05, 0.1) is 0 Å². The molecule has 0 fully saturated rings. The average molecular weight is 126 g/mol. The zero-order valence-corrected chi connectivity index (χ0v) is 5.18. The predicted octanol–water partition coefficient (Wildman–Crippen LogP) is -0.220. The standard InChI is InChI=1S/C6H10N2O/c1-2-3-4-5-6(9)8-7/h1H,3-5,7H2,(H,8,9). The molecule has 0 unspecified atom stereocenters. The van der Waals surface area contributed by atoms with E-state index >= 15 is 0 Å². The number of carbonyl (C=O) groups is 1. The van der Waals surface area contributed by atoms with Crippen molar-refractivity contribution in [1.82, 2.24) is 5.43 Å². The van der Waals surface area contributed by atoms with Crippen LogP contribution in [0.5, 0.6) is 0 Å². The molecule has 0 heterocycles. The van der Waals surface area contributed by atoms with E-state index in [1.807, 2.05) is 5.43 Å². The molecule has 0 rings (SSSR count). The molecule has 0 aliphatic heterocycles. The van der Waals surface area contributed by atoms with Crippen LogP contribution in [0.4, 0.5) is 0 Å². The van der Waals surface area contributed by atoms with Crippen molar-refractivity contribution in [2.24, 2.45) is 5.84 Å². The van der Waals surface area contributed by atoms with Crippen molar-refractivity contribution in [2.45, 2.75) is 19.3 Å². The van der Waals surface area contributed by atoms with Gasteiger partial charge >= 0.3 is 0 Å².